The lowest BCUT2D eigenvalue weighted by Gasteiger charge is -2.11. The molecule has 2 aromatic carbocycles. The lowest BCUT2D eigenvalue weighted by atomic mass is 10.2. The quantitative estimate of drug-likeness (QED) is 0.829. The molecule has 0 radical (unpaired) electrons. The molecule has 0 bridgehead atoms. The maximum atomic E-state index is 11.9. The van der Waals surface area contributed by atoms with Gasteiger partial charge in [0.2, 0.25) is 0 Å². The van der Waals surface area contributed by atoms with E-state index in [1.165, 1.54) is 14.2 Å². The molecular weight excluding hydrogens is 298 g/mol. The summed E-state index contributed by atoms with van der Waals surface area (Å²) in [6.45, 7) is -0.386. The third-order valence-corrected chi connectivity index (χ3v) is 3.03. The van der Waals surface area contributed by atoms with Crippen molar-refractivity contribution >= 4 is 17.6 Å². The van der Waals surface area contributed by atoms with Crippen LogP contribution in [0, 0.1) is 0 Å². The zero-order valence-electron chi connectivity index (χ0n) is 12.9. The molecule has 0 spiro atoms. The van der Waals surface area contributed by atoms with Crippen LogP contribution in [0.5, 0.6) is 11.5 Å². The van der Waals surface area contributed by atoms with E-state index in [9.17, 15) is 9.59 Å². The number of amides is 1. The summed E-state index contributed by atoms with van der Waals surface area (Å²) in [5.41, 5.74) is 0.858. The van der Waals surface area contributed by atoms with Crippen LogP contribution in [0.25, 0.3) is 0 Å². The zero-order chi connectivity index (χ0) is 16.7. The summed E-state index contributed by atoms with van der Waals surface area (Å²) in [6.07, 6.45) is 0. The number of hydrogen-bond donors (Lipinski definition) is 1. The normalized spacial score (nSPS) is 9.83. The highest BCUT2D eigenvalue weighted by Crippen LogP contribution is 2.28. The summed E-state index contributed by atoms with van der Waals surface area (Å²) >= 11 is 0. The number of benzene rings is 2. The lowest BCUT2D eigenvalue weighted by Crippen LogP contribution is -2.21. The predicted molar refractivity (Wildman–Crippen MR) is 84.9 cm³/mol. The maximum Gasteiger partial charge on any atom is 0.338 e. The highest BCUT2D eigenvalue weighted by Gasteiger charge is 2.12. The van der Waals surface area contributed by atoms with Gasteiger partial charge >= 0.3 is 5.97 Å². The van der Waals surface area contributed by atoms with E-state index in [2.05, 4.69) is 5.32 Å². The minimum absolute atomic E-state index is 0.386. The fraction of sp³-hybridized carbons (Fsp3) is 0.176. The molecule has 6 nitrogen and oxygen atoms in total. The Kier molecular flexibility index (Phi) is 5.57. The van der Waals surface area contributed by atoms with Crippen LogP contribution in [0.4, 0.5) is 5.69 Å². The number of carbonyl (C=O) groups is 2. The van der Waals surface area contributed by atoms with Gasteiger partial charge in [0.25, 0.3) is 5.91 Å². The summed E-state index contributed by atoms with van der Waals surface area (Å²) in [6, 6.07) is 13.4. The largest absolute Gasteiger partial charge is 0.497 e. The van der Waals surface area contributed by atoms with Crippen molar-refractivity contribution in [2.24, 2.45) is 0 Å². The average molecular weight is 315 g/mol. The fourth-order valence-corrected chi connectivity index (χ4v) is 1.88. The van der Waals surface area contributed by atoms with Crippen molar-refractivity contribution < 1.29 is 23.8 Å². The summed E-state index contributed by atoms with van der Waals surface area (Å²) in [5, 5.41) is 2.62. The van der Waals surface area contributed by atoms with E-state index in [1.807, 2.05) is 0 Å². The SMILES string of the molecule is COc1ccc(NC(=O)COC(=O)c2ccccc2)c(OC)c1. The van der Waals surface area contributed by atoms with Gasteiger partial charge in [0.15, 0.2) is 6.61 Å². The van der Waals surface area contributed by atoms with Gasteiger partial charge in [-0.05, 0) is 24.3 Å². The second kappa shape index (κ2) is 7.84. The van der Waals surface area contributed by atoms with Gasteiger partial charge in [0.05, 0.1) is 25.5 Å². The average Bonchev–Trinajstić information content (AvgIpc) is 2.60. The first-order chi connectivity index (χ1) is 11.1. The molecule has 0 unspecified atom stereocenters. The van der Waals surface area contributed by atoms with Gasteiger partial charge in [-0.15, -0.1) is 0 Å². The van der Waals surface area contributed by atoms with Crippen LogP contribution in [-0.2, 0) is 9.53 Å². The first-order valence-corrected chi connectivity index (χ1v) is 6.88. The standard InChI is InChI=1S/C17H17NO5/c1-21-13-8-9-14(15(10-13)22-2)18-16(19)11-23-17(20)12-6-4-3-5-7-12/h3-10H,11H2,1-2H3,(H,18,19). The molecule has 2 aromatic rings. The monoisotopic (exact) mass is 315 g/mol. The zero-order valence-corrected chi connectivity index (χ0v) is 12.9. The van der Waals surface area contributed by atoms with Crippen LogP contribution < -0.4 is 14.8 Å². The topological polar surface area (TPSA) is 73.9 Å². The van der Waals surface area contributed by atoms with Crippen LogP contribution in [0.1, 0.15) is 10.4 Å². The summed E-state index contributed by atoms with van der Waals surface area (Å²) in [4.78, 5) is 23.7. The number of rotatable bonds is 6. The molecule has 0 aromatic heterocycles. The van der Waals surface area contributed by atoms with Gasteiger partial charge in [0.1, 0.15) is 11.5 Å². The van der Waals surface area contributed by atoms with E-state index >= 15 is 0 Å². The number of carbonyl (C=O) groups excluding carboxylic acids is 2. The minimum atomic E-state index is -0.553. The second-order valence-corrected chi connectivity index (χ2v) is 4.56. The van der Waals surface area contributed by atoms with Crippen molar-refractivity contribution in [2.45, 2.75) is 0 Å². The maximum absolute atomic E-state index is 11.9. The molecule has 23 heavy (non-hydrogen) atoms. The molecule has 0 saturated carbocycles. The Bertz CT molecular complexity index is 685. The number of esters is 1. The Balaban J connectivity index is 1.93. The Morgan fingerprint density at radius 3 is 2.39 bits per heavy atom. The third kappa shape index (κ3) is 4.47. The number of anilines is 1. The Hall–Kier alpha value is -3.02. The number of hydrogen-bond acceptors (Lipinski definition) is 5. The molecule has 2 rings (SSSR count). The minimum Gasteiger partial charge on any atom is -0.497 e. The molecule has 0 saturated heterocycles. The summed E-state index contributed by atoms with van der Waals surface area (Å²) in [5.74, 6) is 0.0441. The highest BCUT2D eigenvalue weighted by atomic mass is 16.5. The van der Waals surface area contributed by atoms with Crippen LogP contribution in [0.2, 0.25) is 0 Å². The number of ether oxygens (including phenoxy) is 3. The van der Waals surface area contributed by atoms with Gasteiger partial charge in [-0.1, -0.05) is 18.2 Å². The van der Waals surface area contributed by atoms with Crippen molar-refractivity contribution in [3.63, 3.8) is 0 Å². The Morgan fingerprint density at radius 2 is 1.74 bits per heavy atom. The third-order valence-electron chi connectivity index (χ3n) is 3.03. The van der Waals surface area contributed by atoms with Gasteiger partial charge in [-0.25, -0.2) is 4.79 Å². The molecule has 0 aliphatic heterocycles. The van der Waals surface area contributed by atoms with Crippen LogP contribution >= 0.6 is 0 Å². The number of nitrogens with one attached hydrogen (secondary N) is 1. The molecule has 1 amide bonds. The molecule has 0 fully saturated rings. The van der Waals surface area contributed by atoms with Crippen LogP contribution in [-0.4, -0.2) is 32.7 Å². The Labute approximate surface area is 134 Å². The van der Waals surface area contributed by atoms with E-state index in [4.69, 9.17) is 14.2 Å². The fourth-order valence-electron chi connectivity index (χ4n) is 1.88. The molecule has 0 heterocycles. The van der Waals surface area contributed by atoms with E-state index in [0.717, 1.165) is 0 Å². The summed E-state index contributed by atoms with van der Waals surface area (Å²) < 4.78 is 15.2. The smallest absolute Gasteiger partial charge is 0.338 e. The first kappa shape index (κ1) is 16.4. The van der Waals surface area contributed by atoms with Gasteiger partial charge in [-0.3, -0.25) is 4.79 Å². The van der Waals surface area contributed by atoms with Crippen molar-refractivity contribution in [3.8, 4) is 11.5 Å². The highest BCUT2D eigenvalue weighted by molar-refractivity contribution is 5.96. The van der Waals surface area contributed by atoms with Gasteiger partial charge < -0.3 is 19.5 Å². The van der Waals surface area contributed by atoms with Crippen molar-refractivity contribution in [3.05, 3.63) is 54.1 Å². The lowest BCUT2D eigenvalue weighted by molar-refractivity contribution is -0.119. The molecule has 0 atom stereocenters. The van der Waals surface area contributed by atoms with Crippen LogP contribution in [0.15, 0.2) is 48.5 Å². The molecule has 6 heteroatoms. The van der Waals surface area contributed by atoms with Crippen molar-refractivity contribution in [1.82, 2.24) is 0 Å². The van der Waals surface area contributed by atoms with E-state index in [1.54, 1.807) is 48.5 Å². The van der Waals surface area contributed by atoms with E-state index < -0.39 is 11.9 Å². The summed E-state index contributed by atoms with van der Waals surface area (Å²) in [7, 11) is 3.02. The van der Waals surface area contributed by atoms with E-state index in [0.29, 0.717) is 22.7 Å². The Morgan fingerprint density at radius 1 is 1.00 bits per heavy atom. The molecule has 1 N–H and O–H groups in total. The number of methoxy groups -OCH3 is 2. The first-order valence-electron chi connectivity index (χ1n) is 6.88. The molecule has 120 valence electrons. The second-order valence-electron chi connectivity index (χ2n) is 4.56. The predicted octanol–water partition coefficient (Wildman–Crippen LogP) is 2.50. The van der Waals surface area contributed by atoms with Crippen LogP contribution in [0.3, 0.4) is 0 Å². The van der Waals surface area contributed by atoms with Gasteiger partial charge in [-0.2, -0.15) is 0 Å². The van der Waals surface area contributed by atoms with Crippen molar-refractivity contribution in [1.29, 1.82) is 0 Å². The van der Waals surface area contributed by atoms with E-state index in [-0.39, 0.29) is 6.61 Å². The molecule has 0 aliphatic carbocycles. The van der Waals surface area contributed by atoms with Crippen molar-refractivity contribution in [2.75, 3.05) is 26.1 Å². The molecule has 0 aliphatic rings. The van der Waals surface area contributed by atoms with Gasteiger partial charge in [0, 0.05) is 6.07 Å². The molecular formula is C17H17NO5.